The molecule has 0 amide bonds. The minimum atomic E-state index is -1.52. The monoisotopic (exact) mass is 177 g/mol. The molecular formula is C7H8BN3O2. The van der Waals surface area contributed by atoms with Crippen LogP contribution in [0, 0.1) is 6.92 Å². The second-order valence-electron chi connectivity index (χ2n) is 2.87. The summed E-state index contributed by atoms with van der Waals surface area (Å²) in [5.41, 5.74) is 1.76. The number of hydrogen-bond acceptors (Lipinski definition) is 4. The predicted molar refractivity (Wildman–Crippen MR) is 47.5 cm³/mol. The van der Waals surface area contributed by atoms with E-state index in [1.807, 2.05) is 6.92 Å². The van der Waals surface area contributed by atoms with Crippen LogP contribution in [0.4, 0.5) is 0 Å². The molecule has 2 N–H and O–H groups in total. The van der Waals surface area contributed by atoms with E-state index < -0.39 is 7.12 Å². The van der Waals surface area contributed by atoms with Crippen molar-refractivity contribution in [3.8, 4) is 0 Å². The highest BCUT2D eigenvalue weighted by atomic mass is 16.4. The van der Waals surface area contributed by atoms with Crippen LogP contribution in [0.15, 0.2) is 18.6 Å². The lowest BCUT2D eigenvalue weighted by Gasteiger charge is -1.96. The average molecular weight is 177 g/mol. The lowest BCUT2D eigenvalue weighted by molar-refractivity contribution is 0.426. The van der Waals surface area contributed by atoms with Gasteiger partial charge < -0.3 is 10.0 Å². The van der Waals surface area contributed by atoms with Crippen LogP contribution in [0.25, 0.3) is 5.65 Å². The summed E-state index contributed by atoms with van der Waals surface area (Å²) in [5, 5.41) is 21.8. The molecule has 0 aliphatic rings. The molecule has 0 saturated heterocycles. The Morgan fingerprint density at radius 1 is 1.38 bits per heavy atom. The van der Waals surface area contributed by atoms with E-state index in [1.54, 1.807) is 12.4 Å². The summed E-state index contributed by atoms with van der Waals surface area (Å²) in [4.78, 5) is 4.04. The molecule has 0 bridgehead atoms. The standard InChI is InChI=1S/C7H8BN3O2/c1-5-2-9-7-6(8(12)13)3-10-11(7)4-5/h2-4,12-13H,1H3. The van der Waals surface area contributed by atoms with Gasteiger partial charge in [-0.25, -0.2) is 9.50 Å². The first-order valence-electron chi connectivity index (χ1n) is 3.84. The molecule has 13 heavy (non-hydrogen) atoms. The van der Waals surface area contributed by atoms with Crippen LogP contribution in [-0.4, -0.2) is 31.8 Å². The lowest BCUT2D eigenvalue weighted by atomic mass is 9.82. The van der Waals surface area contributed by atoms with Gasteiger partial charge in [0.2, 0.25) is 0 Å². The van der Waals surface area contributed by atoms with Gasteiger partial charge >= 0.3 is 7.12 Å². The molecule has 0 fully saturated rings. The van der Waals surface area contributed by atoms with Crippen molar-refractivity contribution in [3.05, 3.63) is 24.2 Å². The largest absolute Gasteiger partial charge is 0.493 e. The summed E-state index contributed by atoms with van der Waals surface area (Å²) < 4.78 is 1.52. The number of fused-ring (bicyclic) bond motifs is 1. The van der Waals surface area contributed by atoms with Gasteiger partial charge in [0.05, 0.1) is 6.20 Å². The van der Waals surface area contributed by atoms with Gasteiger partial charge in [0.15, 0.2) is 5.65 Å². The summed E-state index contributed by atoms with van der Waals surface area (Å²) in [5.74, 6) is 0. The molecule has 2 aromatic heterocycles. The fraction of sp³-hybridized carbons (Fsp3) is 0.143. The fourth-order valence-electron chi connectivity index (χ4n) is 1.17. The highest BCUT2D eigenvalue weighted by Gasteiger charge is 2.17. The van der Waals surface area contributed by atoms with E-state index in [9.17, 15) is 0 Å². The normalized spacial score (nSPS) is 10.7. The number of hydrogen-bond donors (Lipinski definition) is 2. The summed E-state index contributed by atoms with van der Waals surface area (Å²) in [6.07, 6.45) is 4.82. The molecule has 0 radical (unpaired) electrons. The SMILES string of the molecule is Cc1cnc2c(B(O)O)cnn2c1. The molecule has 0 atom stereocenters. The van der Waals surface area contributed by atoms with E-state index in [0.717, 1.165) is 5.56 Å². The van der Waals surface area contributed by atoms with Gasteiger partial charge in [-0.15, -0.1) is 0 Å². The number of aromatic nitrogens is 3. The maximum atomic E-state index is 8.94. The third kappa shape index (κ3) is 1.30. The molecule has 0 unspecified atom stereocenters. The summed E-state index contributed by atoms with van der Waals surface area (Å²) in [6, 6.07) is 0. The van der Waals surface area contributed by atoms with Gasteiger partial charge in [0.1, 0.15) is 0 Å². The van der Waals surface area contributed by atoms with Crippen molar-refractivity contribution in [2.24, 2.45) is 0 Å². The topological polar surface area (TPSA) is 70.7 Å². The van der Waals surface area contributed by atoms with Crippen molar-refractivity contribution in [3.63, 3.8) is 0 Å². The Morgan fingerprint density at radius 3 is 2.85 bits per heavy atom. The quantitative estimate of drug-likeness (QED) is 0.532. The van der Waals surface area contributed by atoms with Crippen LogP contribution in [0.1, 0.15) is 5.56 Å². The van der Waals surface area contributed by atoms with Crippen LogP contribution in [0.3, 0.4) is 0 Å². The molecule has 0 aliphatic carbocycles. The van der Waals surface area contributed by atoms with Crippen molar-refractivity contribution >= 4 is 18.2 Å². The smallest absolute Gasteiger partial charge is 0.423 e. The summed E-state index contributed by atoms with van der Waals surface area (Å²) in [6.45, 7) is 1.89. The molecule has 6 heteroatoms. The third-order valence-corrected chi connectivity index (χ3v) is 1.79. The van der Waals surface area contributed by atoms with Crippen molar-refractivity contribution in [2.75, 3.05) is 0 Å². The minimum Gasteiger partial charge on any atom is -0.423 e. The first-order chi connectivity index (χ1) is 6.18. The Kier molecular flexibility index (Phi) is 1.79. The molecule has 0 aromatic carbocycles. The van der Waals surface area contributed by atoms with E-state index in [-0.39, 0.29) is 0 Å². The van der Waals surface area contributed by atoms with Gasteiger partial charge in [0, 0.05) is 17.9 Å². The number of nitrogens with zero attached hydrogens (tertiary/aromatic N) is 3. The Hall–Kier alpha value is -1.40. The fourth-order valence-corrected chi connectivity index (χ4v) is 1.17. The molecule has 5 nitrogen and oxygen atoms in total. The van der Waals surface area contributed by atoms with Crippen LogP contribution in [0.5, 0.6) is 0 Å². The predicted octanol–water partition coefficient (Wildman–Crippen LogP) is -1.28. The highest BCUT2D eigenvalue weighted by Crippen LogP contribution is 1.98. The zero-order valence-corrected chi connectivity index (χ0v) is 7.05. The van der Waals surface area contributed by atoms with Crippen molar-refractivity contribution < 1.29 is 10.0 Å². The maximum absolute atomic E-state index is 8.94. The average Bonchev–Trinajstić information content (AvgIpc) is 2.46. The maximum Gasteiger partial charge on any atom is 0.493 e. The van der Waals surface area contributed by atoms with E-state index in [0.29, 0.717) is 11.1 Å². The van der Waals surface area contributed by atoms with Gasteiger partial charge in [-0.05, 0) is 12.5 Å². The summed E-state index contributed by atoms with van der Waals surface area (Å²) >= 11 is 0. The van der Waals surface area contributed by atoms with Gasteiger partial charge in [-0.3, -0.25) is 0 Å². The molecule has 0 saturated carbocycles. The Labute approximate surface area is 74.8 Å². The van der Waals surface area contributed by atoms with Gasteiger partial charge in [-0.2, -0.15) is 5.10 Å². The molecule has 2 aromatic rings. The van der Waals surface area contributed by atoms with Crippen molar-refractivity contribution in [1.29, 1.82) is 0 Å². The van der Waals surface area contributed by atoms with Crippen molar-refractivity contribution in [1.82, 2.24) is 14.6 Å². The first kappa shape index (κ1) is 8.21. The number of aryl methyl sites for hydroxylation is 1. The summed E-state index contributed by atoms with van der Waals surface area (Å²) in [7, 11) is -1.52. The Morgan fingerprint density at radius 2 is 2.15 bits per heavy atom. The Balaban J connectivity index is 2.69. The first-order valence-corrected chi connectivity index (χ1v) is 3.84. The molecular weight excluding hydrogens is 169 g/mol. The zero-order chi connectivity index (χ0) is 9.42. The van der Waals surface area contributed by atoms with Gasteiger partial charge in [-0.1, -0.05) is 0 Å². The Bertz CT molecular complexity index is 440. The van der Waals surface area contributed by atoms with Gasteiger partial charge in [0.25, 0.3) is 0 Å². The highest BCUT2D eigenvalue weighted by molar-refractivity contribution is 6.60. The third-order valence-electron chi connectivity index (χ3n) is 1.79. The number of rotatable bonds is 1. The van der Waals surface area contributed by atoms with E-state index in [1.165, 1.54) is 10.7 Å². The minimum absolute atomic E-state index is 0.319. The lowest BCUT2D eigenvalue weighted by Crippen LogP contribution is -2.29. The second kappa shape index (κ2) is 2.83. The van der Waals surface area contributed by atoms with Crippen LogP contribution < -0.4 is 5.46 Å². The molecule has 0 spiro atoms. The second-order valence-corrected chi connectivity index (χ2v) is 2.87. The molecule has 0 aliphatic heterocycles. The van der Waals surface area contributed by atoms with E-state index >= 15 is 0 Å². The van der Waals surface area contributed by atoms with Crippen LogP contribution in [-0.2, 0) is 0 Å². The van der Waals surface area contributed by atoms with E-state index in [2.05, 4.69) is 10.1 Å². The van der Waals surface area contributed by atoms with Crippen molar-refractivity contribution in [2.45, 2.75) is 6.92 Å². The van der Waals surface area contributed by atoms with E-state index in [4.69, 9.17) is 10.0 Å². The molecule has 2 rings (SSSR count). The zero-order valence-electron chi connectivity index (χ0n) is 7.05. The van der Waals surface area contributed by atoms with Crippen LogP contribution >= 0.6 is 0 Å². The molecule has 66 valence electrons. The van der Waals surface area contributed by atoms with Crippen LogP contribution in [0.2, 0.25) is 0 Å². The molecule has 2 heterocycles.